The number of hydrogen-bond donors (Lipinski definition) is 1. The second-order valence-corrected chi connectivity index (χ2v) is 4.44. The highest BCUT2D eigenvalue weighted by Gasteiger charge is 2.22. The Morgan fingerprint density at radius 2 is 2.19 bits per heavy atom. The van der Waals surface area contributed by atoms with Gasteiger partial charge in [0, 0.05) is 12.1 Å². The van der Waals surface area contributed by atoms with Gasteiger partial charge in [0.1, 0.15) is 0 Å². The summed E-state index contributed by atoms with van der Waals surface area (Å²) in [4.78, 5) is 13.5. The van der Waals surface area contributed by atoms with E-state index in [-0.39, 0.29) is 5.91 Å². The van der Waals surface area contributed by atoms with E-state index in [1.807, 2.05) is 6.07 Å². The molecule has 0 spiro atoms. The first kappa shape index (κ1) is 11.6. The molecule has 3 nitrogen and oxygen atoms in total. The molecule has 0 bridgehead atoms. The highest BCUT2D eigenvalue weighted by Crippen LogP contribution is 2.29. The molecule has 1 aliphatic heterocycles. The molecule has 86 valence electrons. The van der Waals surface area contributed by atoms with Gasteiger partial charge in [-0.2, -0.15) is 0 Å². The van der Waals surface area contributed by atoms with Gasteiger partial charge in [0.2, 0.25) is 5.91 Å². The van der Waals surface area contributed by atoms with Crippen molar-refractivity contribution in [3.05, 3.63) is 29.3 Å². The summed E-state index contributed by atoms with van der Waals surface area (Å²) < 4.78 is 0. The zero-order chi connectivity index (χ0) is 11.5. The highest BCUT2D eigenvalue weighted by molar-refractivity contribution is 9.09. The minimum absolute atomic E-state index is 0.191. The molecule has 0 saturated carbocycles. The van der Waals surface area contributed by atoms with Crippen LogP contribution < -0.4 is 10.6 Å². The molecular weight excluding hydrogens is 268 g/mol. The molecule has 1 amide bonds. The Balaban J connectivity index is 2.34. The van der Waals surface area contributed by atoms with Gasteiger partial charge >= 0.3 is 0 Å². The lowest BCUT2D eigenvalue weighted by Gasteiger charge is -2.28. The maximum absolute atomic E-state index is 11.7. The SMILES string of the molecule is NCCc1ccc2c(c1)CCC(=O)N2CBr. The summed E-state index contributed by atoms with van der Waals surface area (Å²) in [5.74, 6) is 0.191. The average Bonchev–Trinajstić information content (AvgIpc) is 2.30. The topological polar surface area (TPSA) is 46.3 Å². The molecule has 0 saturated heterocycles. The molecule has 1 heterocycles. The normalized spacial score (nSPS) is 15.1. The second-order valence-electron chi connectivity index (χ2n) is 3.94. The van der Waals surface area contributed by atoms with Crippen LogP contribution in [0.1, 0.15) is 17.5 Å². The van der Waals surface area contributed by atoms with Crippen molar-refractivity contribution in [3.63, 3.8) is 0 Å². The van der Waals surface area contributed by atoms with Crippen LogP contribution in [0, 0.1) is 0 Å². The number of nitrogens with zero attached hydrogens (tertiary/aromatic N) is 1. The summed E-state index contributed by atoms with van der Waals surface area (Å²) in [5.41, 5.74) is 9.65. The van der Waals surface area contributed by atoms with Gasteiger partial charge in [-0.15, -0.1) is 0 Å². The van der Waals surface area contributed by atoms with E-state index >= 15 is 0 Å². The average molecular weight is 283 g/mol. The van der Waals surface area contributed by atoms with Crippen LogP contribution >= 0.6 is 15.9 Å². The number of carbonyl (C=O) groups is 1. The maximum Gasteiger partial charge on any atom is 0.228 e. The van der Waals surface area contributed by atoms with E-state index in [1.54, 1.807) is 4.90 Å². The van der Waals surface area contributed by atoms with Crippen LogP contribution in [-0.4, -0.2) is 17.9 Å². The van der Waals surface area contributed by atoms with Gasteiger partial charge < -0.3 is 10.6 Å². The van der Waals surface area contributed by atoms with Crippen molar-refractivity contribution in [2.45, 2.75) is 19.3 Å². The molecule has 4 heteroatoms. The molecule has 2 N–H and O–H groups in total. The summed E-state index contributed by atoms with van der Waals surface area (Å²) in [7, 11) is 0. The molecule has 0 aliphatic carbocycles. The van der Waals surface area contributed by atoms with Crippen LogP contribution in [0.25, 0.3) is 0 Å². The Bertz CT molecular complexity index is 406. The summed E-state index contributed by atoms with van der Waals surface area (Å²) >= 11 is 3.36. The molecular formula is C12H15BrN2O. The molecule has 1 aromatic carbocycles. The zero-order valence-corrected chi connectivity index (χ0v) is 10.7. The van der Waals surface area contributed by atoms with E-state index in [4.69, 9.17) is 5.73 Å². The van der Waals surface area contributed by atoms with Gasteiger partial charge in [0.25, 0.3) is 0 Å². The second kappa shape index (κ2) is 4.97. The van der Waals surface area contributed by atoms with Crippen molar-refractivity contribution in [1.82, 2.24) is 0 Å². The van der Waals surface area contributed by atoms with Crippen LogP contribution in [0.3, 0.4) is 0 Å². The van der Waals surface area contributed by atoms with Crippen LogP contribution in [0.15, 0.2) is 18.2 Å². The lowest BCUT2D eigenvalue weighted by molar-refractivity contribution is -0.118. The number of halogens is 1. The summed E-state index contributed by atoms with van der Waals surface area (Å²) in [6.45, 7) is 0.667. The highest BCUT2D eigenvalue weighted by atomic mass is 79.9. The quantitative estimate of drug-likeness (QED) is 0.679. The molecule has 0 fully saturated rings. The third-order valence-electron chi connectivity index (χ3n) is 2.90. The minimum atomic E-state index is 0.191. The summed E-state index contributed by atoms with van der Waals surface area (Å²) in [5, 5.41) is 0. The Kier molecular flexibility index (Phi) is 3.61. The number of carbonyl (C=O) groups excluding carboxylic acids is 1. The van der Waals surface area contributed by atoms with E-state index in [0.717, 1.165) is 18.5 Å². The maximum atomic E-state index is 11.7. The van der Waals surface area contributed by atoms with Gasteiger partial charge in [0.05, 0.1) is 5.45 Å². The minimum Gasteiger partial charge on any atom is -0.330 e. The first-order valence-corrected chi connectivity index (χ1v) is 6.56. The summed E-state index contributed by atoms with van der Waals surface area (Å²) in [6.07, 6.45) is 2.34. The van der Waals surface area contributed by atoms with Crippen molar-refractivity contribution < 1.29 is 4.79 Å². The number of benzene rings is 1. The van der Waals surface area contributed by atoms with Gasteiger partial charge in [-0.25, -0.2) is 0 Å². The number of alkyl halides is 1. The van der Waals surface area contributed by atoms with Crippen LogP contribution in [0.4, 0.5) is 5.69 Å². The van der Waals surface area contributed by atoms with Crippen molar-refractivity contribution >= 4 is 27.5 Å². The van der Waals surface area contributed by atoms with Crippen molar-refractivity contribution in [1.29, 1.82) is 0 Å². The van der Waals surface area contributed by atoms with Crippen LogP contribution in [0.5, 0.6) is 0 Å². The zero-order valence-electron chi connectivity index (χ0n) is 9.08. The molecule has 1 aromatic rings. The number of aryl methyl sites for hydroxylation is 1. The van der Waals surface area contributed by atoms with Crippen LogP contribution in [-0.2, 0) is 17.6 Å². The Hall–Kier alpha value is -0.870. The number of nitrogens with two attached hydrogens (primary N) is 1. The molecule has 2 rings (SSSR count). The van der Waals surface area contributed by atoms with Gasteiger partial charge in [-0.05, 0) is 36.6 Å². The molecule has 0 unspecified atom stereocenters. The largest absolute Gasteiger partial charge is 0.330 e. The van der Waals surface area contributed by atoms with E-state index in [1.165, 1.54) is 11.1 Å². The number of fused-ring (bicyclic) bond motifs is 1. The van der Waals surface area contributed by atoms with Gasteiger partial charge in [-0.3, -0.25) is 4.79 Å². The fourth-order valence-corrected chi connectivity index (χ4v) is 2.62. The summed E-state index contributed by atoms with van der Waals surface area (Å²) in [6, 6.07) is 6.25. The molecule has 0 aromatic heterocycles. The van der Waals surface area contributed by atoms with Crippen LogP contribution in [0.2, 0.25) is 0 Å². The fraction of sp³-hybridized carbons (Fsp3) is 0.417. The molecule has 16 heavy (non-hydrogen) atoms. The third-order valence-corrected chi connectivity index (χ3v) is 3.40. The smallest absolute Gasteiger partial charge is 0.228 e. The Morgan fingerprint density at radius 3 is 2.88 bits per heavy atom. The number of rotatable bonds is 3. The first-order chi connectivity index (χ1) is 7.76. The molecule has 1 aliphatic rings. The predicted molar refractivity (Wildman–Crippen MR) is 68.8 cm³/mol. The van der Waals surface area contributed by atoms with E-state index in [9.17, 15) is 4.79 Å². The van der Waals surface area contributed by atoms with Gasteiger partial charge in [-0.1, -0.05) is 28.1 Å². The molecule has 0 atom stereocenters. The van der Waals surface area contributed by atoms with E-state index in [2.05, 4.69) is 28.1 Å². The van der Waals surface area contributed by atoms with Crippen molar-refractivity contribution in [3.8, 4) is 0 Å². The van der Waals surface area contributed by atoms with Gasteiger partial charge in [0.15, 0.2) is 0 Å². The van der Waals surface area contributed by atoms with E-state index in [0.29, 0.717) is 18.4 Å². The first-order valence-electron chi connectivity index (χ1n) is 5.44. The predicted octanol–water partition coefficient (Wildman–Crippen LogP) is 1.82. The Labute approximate surface area is 104 Å². The number of hydrogen-bond acceptors (Lipinski definition) is 2. The lowest BCUT2D eigenvalue weighted by atomic mass is 9.98. The van der Waals surface area contributed by atoms with Crippen molar-refractivity contribution in [2.24, 2.45) is 5.73 Å². The third kappa shape index (κ3) is 2.13. The number of amides is 1. The van der Waals surface area contributed by atoms with Crippen molar-refractivity contribution in [2.75, 3.05) is 16.9 Å². The fourth-order valence-electron chi connectivity index (χ4n) is 2.07. The standard InChI is InChI=1S/C12H15BrN2O/c13-8-15-11-3-1-9(5-6-14)7-10(11)2-4-12(15)16/h1,3,7H,2,4-6,8,14H2. The molecule has 0 radical (unpaired) electrons. The monoisotopic (exact) mass is 282 g/mol. The Morgan fingerprint density at radius 1 is 1.38 bits per heavy atom. The number of anilines is 1. The van der Waals surface area contributed by atoms with E-state index < -0.39 is 0 Å². The lowest BCUT2D eigenvalue weighted by Crippen LogP contribution is -2.33.